The molecule has 7 nitrogen and oxygen atoms in total. The molecule has 1 aliphatic carbocycles. The van der Waals surface area contributed by atoms with Crippen LogP contribution < -0.4 is 9.62 Å². The third kappa shape index (κ3) is 8.51. The second kappa shape index (κ2) is 14.1. The molecule has 3 aromatic carbocycles. The van der Waals surface area contributed by atoms with Crippen LogP contribution in [0.2, 0.25) is 5.02 Å². The molecule has 0 aromatic heterocycles. The highest BCUT2D eigenvalue weighted by molar-refractivity contribution is 7.92. The van der Waals surface area contributed by atoms with Gasteiger partial charge < -0.3 is 10.2 Å². The van der Waals surface area contributed by atoms with E-state index in [1.807, 2.05) is 30.3 Å². The van der Waals surface area contributed by atoms with E-state index in [1.54, 1.807) is 24.3 Å². The molecule has 1 aliphatic rings. The fourth-order valence-electron chi connectivity index (χ4n) is 5.14. The van der Waals surface area contributed by atoms with E-state index in [0.29, 0.717) is 14.9 Å². The number of sulfonamides is 1. The maximum absolute atomic E-state index is 14.1. The molecule has 0 unspecified atom stereocenters. The number of amides is 2. The third-order valence-corrected chi connectivity index (χ3v) is 8.75. The summed E-state index contributed by atoms with van der Waals surface area (Å²) < 4.78 is 54.0. The molecule has 4 rings (SSSR count). The fraction of sp³-hybridized carbons (Fsp3) is 0.355. The summed E-state index contributed by atoms with van der Waals surface area (Å²) in [4.78, 5) is 29.3. The lowest BCUT2D eigenvalue weighted by Gasteiger charge is -2.35. The molecule has 0 aliphatic heterocycles. The quantitative estimate of drug-likeness (QED) is 0.309. The summed E-state index contributed by atoms with van der Waals surface area (Å²) >= 11 is 6.07. The summed E-state index contributed by atoms with van der Waals surface area (Å²) in [6.45, 7) is -0.736. The van der Waals surface area contributed by atoms with Gasteiger partial charge in [0.25, 0.3) is 0 Å². The van der Waals surface area contributed by atoms with Crippen LogP contribution in [-0.4, -0.2) is 50.0 Å². The van der Waals surface area contributed by atoms with Crippen LogP contribution in [0.25, 0.3) is 0 Å². The molecule has 224 valence electrons. The van der Waals surface area contributed by atoms with Gasteiger partial charge in [-0.2, -0.15) is 0 Å². The minimum Gasteiger partial charge on any atom is -0.352 e. The van der Waals surface area contributed by atoms with E-state index in [0.717, 1.165) is 62.1 Å². The Balaban J connectivity index is 1.72. The van der Waals surface area contributed by atoms with E-state index in [9.17, 15) is 26.8 Å². The van der Waals surface area contributed by atoms with Gasteiger partial charge in [0.2, 0.25) is 21.8 Å². The maximum Gasteiger partial charge on any atom is 0.244 e. The van der Waals surface area contributed by atoms with Crippen LogP contribution in [0.5, 0.6) is 0 Å². The van der Waals surface area contributed by atoms with Crippen molar-refractivity contribution in [1.29, 1.82) is 0 Å². The molecule has 1 saturated carbocycles. The lowest BCUT2D eigenvalue weighted by molar-refractivity contribution is -0.140. The average molecular weight is 618 g/mol. The second-order valence-electron chi connectivity index (χ2n) is 10.6. The zero-order valence-electron chi connectivity index (χ0n) is 23.3. The van der Waals surface area contributed by atoms with Gasteiger partial charge in [0, 0.05) is 30.1 Å². The van der Waals surface area contributed by atoms with E-state index < -0.39 is 40.2 Å². The van der Waals surface area contributed by atoms with Gasteiger partial charge in [-0.15, -0.1) is 0 Å². The summed E-state index contributed by atoms with van der Waals surface area (Å²) in [7, 11) is -4.10. The zero-order valence-corrected chi connectivity index (χ0v) is 24.9. The van der Waals surface area contributed by atoms with Crippen molar-refractivity contribution in [2.24, 2.45) is 0 Å². The topological polar surface area (TPSA) is 86.8 Å². The van der Waals surface area contributed by atoms with Crippen LogP contribution in [0.1, 0.15) is 43.2 Å². The van der Waals surface area contributed by atoms with Crippen LogP contribution >= 0.6 is 11.6 Å². The molecule has 0 saturated heterocycles. The van der Waals surface area contributed by atoms with Gasteiger partial charge in [0.1, 0.15) is 12.6 Å². The molecular weight excluding hydrogens is 584 g/mol. The summed E-state index contributed by atoms with van der Waals surface area (Å²) in [5, 5.41) is 3.62. The highest BCUT2D eigenvalue weighted by Crippen LogP contribution is 2.24. The highest BCUT2D eigenvalue weighted by atomic mass is 35.5. The summed E-state index contributed by atoms with van der Waals surface area (Å²) in [5.41, 5.74) is 1.29. The number of carbonyl (C=O) groups excluding carboxylic acids is 2. The normalized spacial score (nSPS) is 14.7. The average Bonchev–Trinajstić information content (AvgIpc) is 2.96. The number of halogens is 3. The largest absolute Gasteiger partial charge is 0.352 e. The first-order valence-corrected chi connectivity index (χ1v) is 16.0. The van der Waals surface area contributed by atoms with Crippen molar-refractivity contribution in [2.75, 3.05) is 17.1 Å². The van der Waals surface area contributed by atoms with Crippen molar-refractivity contribution in [3.63, 3.8) is 0 Å². The Hall–Kier alpha value is -3.50. The van der Waals surface area contributed by atoms with Crippen molar-refractivity contribution in [1.82, 2.24) is 10.2 Å². The Bertz CT molecular complexity index is 1480. The number of hydrogen-bond acceptors (Lipinski definition) is 4. The number of benzene rings is 3. The lowest BCUT2D eigenvalue weighted by Crippen LogP contribution is -2.55. The third-order valence-electron chi connectivity index (χ3n) is 7.36. The van der Waals surface area contributed by atoms with E-state index in [4.69, 9.17) is 11.6 Å². The van der Waals surface area contributed by atoms with Crippen LogP contribution in [0, 0.1) is 11.6 Å². The van der Waals surface area contributed by atoms with Crippen LogP contribution in [0.4, 0.5) is 14.5 Å². The Morgan fingerprint density at radius 2 is 1.60 bits per heavy atom. The number of nitrogens with zero attached hydrogens (tertiary/aromatic N) is 2. The lowest BCUT2D eigenvalue weighted by atomic mass is 9.94. The molecule has 0 radical (unpaired) electrons. The summed E-state index contributed by atoms with van der Waals surface area (Å²) in [6.07, 6.45) is 5.84. The molecule has 42 heavy (non-hydrogen) atoms. The monoisotopic (exact) mass is 617 g/mol. The second-order valence-corrected chi connectivity index (χ2v) is 12.9. The van der Waals surface area contributed by atoms with Crippen LogP contribution in [0.15, 0.2) is 72.8 Å². The first-order valence-electron chi connectivity index (χ1n) is 13.8. The van der Waals surface area contributed by atoms with Gasteiger partial charge in [0.15, 0.2) is 11.6 Å². The van der Waals surface area contributed by atoms with Crippen molar-refractivity contribution in [3.05, 3.63) is 101 Å². The molecule has 2 amide bonds. The van der Waals surface area contributed by atoms with Crippen LogP contribution in [0.3, 0.4) is 0 Å². The molecule has 11 heteroatoms. The van der Waals surface area contributed by atoms with E-state index in [1.165, 1.54) is 4.90 Å². The number of nitrogens with one attached hydrogen (secondary N) is 1. The summed E-state index contributed by atoms with van der Waals surface area (Å²) in [5.74, 6) is -3.42. The van der Waals surface area contributed by atoms with Crippen LogP contribution in [-0.2, 0) is 32.6 Å². The van der Waals surface area contributed by atoms with Gasteiger partial charge in [-0.25, -0.2) is 17.2 Å². The van der Waals surface area contributed by atoms with E-state index >= 15 is 0 Å². The Morgan fingerprint density at radius 1 is 0.929 bits per heavy atom. The highest BCUT2D eigenvalue weighted by Gasteiger charge is 2.34. The van der Waals surface area contributed by atoms with Gasteiger partial charge in [0.05, 0.1) is 11.9 Å². The smallest absolute Gasteiger partial charge is 0.244 e. The number of hydrogen-bond donors (Lipinski definition) is 1. The number of anilines is 1. The Kier molecular flexibility index (Phi) is 10.6. The molecule has 1 fully saturated rings. The molecule has 0 heterocycles. The molecular formula is C31H34ClF2N3O4S. The fourth-order valence-corrected chi connectivity index (χ4v) is 6.11. The standard InChI is InChI=1S/C31H34ClF2N3O4S/c1-42(40,41)37(26-16-17-27(33)28(34)19-26)21-30(38)36(20-23-12-14-24(32)15-13-23)29(18-22-8-4-2-5-9-22)31(39)35-25-10-6-3-7-11-25/h2,4-5,8-9,12-17,19,25,29H,3,6-7,10-11,18,20-21H2,1H3,(H,35,39)/t29-/m1/s1. The zero-order chi connectivity index (χ0) is 30.3. The van der Waals surface area contributed by atoms with Crippen molar-refractivity contribution in [3.8, 4) is 0 Å². The van der Waals surface area contributed by atoms with Gasteiger partial charge >= 0.3 is 0 Å². The van der Waals surface area contributed by atoms with E-state index in [2.05, 4.69) is 5.32 Å². The summed E-state index contributed by atoms with van der Waals surface area (Å²) in [6, 6.07) is 17.6. The number of rotatable bonds is 11. The SMILES string of the molecule is CS(=O)(=O)N(CC(=O)N(Cc1ccc(Cl)cc1)[C@H](Cc1ccccc1)C(=O)NC1CCCCC1)c1ccc(F)c(F)c1. The minimum atomic E-state index is -4.10. The molecule has 1 atom stereocenters. The first kappa shape index (κ1) is 31.4. The maximum atomic E-state index is 14.1. The predicted octanol–water partition coefficient (Wildman–Crippen LogP) is 5.47. The van der Waals surface area contributed by atoms with Gasteiger partial charge in [-0.1, -0.05) is 73.3 Å². The molecule has 0 spiro atoms. The molecule has 3 aromatic rings. The van der Waals surface area contributed by atoms with Crippen molar-refractivity contribution >= 4 is 39.1 Å². The number of carbonyl (C=O) groups is 2. The Labute approximate surface area is 250 Å². The molecule has 0 bridgehead atoms. The minimum absolute atomic E-state index is 0.0129. The van der Waals surface area contributed by atoms with Crippen molar-refractivity contribution in [2.45, 2.75) is 57.2 Å². The van der Waals surface area contributed by atoms with Gasteiger partial charge in [-0.3, -0.25) is 13.9 Å². The first-order chi connectivity index (χ1) is 20.0. The van der Waals surface area contributed by atoms with E-state index in [-0.39, 0.29) is 30.6 Å². The van der Waals surface area contributed by atoms with Gasteiger partial charge in [-0.05, 0) is 48.2 Å². The predicted molar refractivity (Wildman–Crippen MR) is 159 cm³/mol. The molecule has 1 N–H and O–H groups in total. The Morgan fingerprint density at radius 3 is 2.21 bits per heavy atom. The van der Waals surface area contributed by atoms with Crippen molar-refractivity contribution < 1.29 is 26.8 Å².